The second kappa shape index (κ2) is 6.57. The second-order valence-corrected chi connectivity index (χ2v) is 6.79. The van der Waals surface area contributed by atoms with Crippen molar-refractivity contribution in [1.82, 2.24) is 9.61 Å². The maximum atomic E-state index is 9.92. The van der Waals surface area contributed by atoms with Crippen molar-refractivity contribution in [1.29, 1.82) is 10.5 Å². The van der Waals surface area contributed by atoms with Gasteiger partial charge in [-0.05, 0) is 25.5 Å². The quantitative estimate of drug-likeness (QED) is 0.563. The smallest absolute Gasteiger partial charge is 0.144 e. The van der Waals surface area contributed by atoms with Crippen molar-refractivity contribution in [3.05, 3.63) is 76.9 Å². The van der Waals surface area contributed by atoms with E-state index < -0.39 is 0 Å². The third-order valence-corrected chi connectivity index (χ3v) is 4.86. The van der Waals surface area contributed by atoms with E-state index in [0.717, 1.165) is 22.3 Å². The predicted octanol–water partition coefficient (Wildman–Crippen LogP) is 4.61. The van der Waals surface area contributed by atoms with Gasteiger partial charge in [0, 0.05) is 11.1 Å². The average Bonchev–Trinajstić information content (AvgIpc) is 3.15. The normalized spacial score (nSPS) is 10.6. The van der Waals surface area contributed by atoms with Crippen molar-refractivity contribution in [2.75, 3.05) is 5.73 Å². The standard InChI is InChI=1S/C23H17N5/c1-14-3-7-16(8-4-14)20-11-21-18(12-24)22(17-9-5-15(2)6-10-17)19(13-25)23(26)28(21)27-20/h3-11H,26H2,1-2H3. The number of nitrogens with two attached hydrogens (primary N) is 1. The molecule has 0 aliphatic carbocycles. The summed E-state index contributed by atoms with van der Waals surface area (Å²) in [5.41, 5.74) is 12.7. The van der Waals surface area contributed by atoms with Crippen LogP contribution in [0.1, 0.15) is 22.3 Å². The van der Waals surface area contributed by atoms with E-state index in [1.807, 2.05) is 68.4 Å². The first kappa shape index (κ1) is 17.3. The first-order valence-corrected chi connectivity index (χ1v) is 8.83. The molecule has 0 saturated heterocycles. The fourth-order valence-corrected chi connectivity index (χ4v) is 3.33. The molecule has 5 nitrogen and oxygen atoms in total. The summed E-state index contributed by atoms with van der Waals surface area (Å²) in [5, 5.41) is 24.3. The Labute approximate surface area is 162 Å². The Hall–Kier alpha value is -4.09. The molecule has 28 heavy (non-hydrogen) atoms. The van der Waals surface area contributed by atoms with Crippen LogP contribution in [0.4, 0.5) is 5.82 Å². The summed E-state index contributed by atoms with van der Waals surface area (Å²) >= 11 is 0. The molecule has 0 amide bonds. The van der Waals surface area contributed by atoms with E-state index in [4.69, 9.17) is 5.73 Å². The number of nitrogen functional groups attached to an aromatic ring is 1. The van der Waals surface area contributed by atoms with Gasteiger partial charge in [-0.25, -0.2) is 4.52 Å². The summed E-state index contributed by atoms with van der Waals surface area (Å²) in [6, 6.07) is 21.9. The van der Waals surface area contributed by atoms with Gasteiger partial charge >= 0.3 is 0 Å². The Kier molecular flexibility index (Phi) is 4.07. The molecule has 0 aliphatic heterocycles. The minimum absolute atomic E-state index is 0.227. The van der Waals surface area contributed by atoms with Crippen molar-refractivity contribution in [3.63, 3.8) is 0 Å². The van der Waals surface area contributed by atoms with E-state index in [1.54, 1.807) is 0 Å². The number of hydrogen-bond donors (Lipinski definition) is 1. The summed E-state index contributed by atoms with van der Waals surface area (Å²) in [4.78, 5) is 0. The van der Waals surface area contributed by atoms with Gasteiger partial charge in [-0.3, -0.25) is 0 Å². The monoisotopic (exact) mass is 363 g/mol. The largest absolute Gasteiger partial charge is 0.383 e. The Morgan fingerprint density at radius 2 is 1.36 bits per heavy atom. The van der Waals surface area contributed by atoms with Gasteiger partial charge in [0.25, 0.3) is 0 Å². The van der Waals surface area contributed by atoms with Crippen LogP contribution in [0.3, 0.4) is 0 Å². The number of hydrogen-bond acceptors (Lipinski definition) is 4. The van der Waals surface area contributed by atoms with Crippen LogP contribution in [0.25, 0.3) is 27.9 Å². The molecule has 2 N–H and O–H groups in total. The Bertz CT molecular complexity index is 1280. The van der Waals surface area contributed by atoms with E-state index in [-0.39, 0.29) is 11.4 Å². The van der Waals surface area contributed by atoms with Crippen molar-refractivity contribution in [2.24, 2.45) is 0 Å². The number of rotatable bonds is 2. The molecule has 0 aliphatic rings. The van der Waals surface area contributed by atoms with Crippen LogP contribution in [0.5, 0.6) is 0 Å². The van der Waals surface area contributed by atoms with E-state index in [9.17, 15) is 10.5 Å². The molecule has 134 valence electrons. The summed E-state index contributed by atoms with van der Waals surface area (Å²) in [6.07, 6.45) is 0. The predicted molar refractivity (Wildman–Crippen MR) is 109 cm³/mol. The van der Waals surface area contributed by atoms with Gasteiger partial charge in [-0.1, -0.05) is 59.7 Å². The second-order valence-electron chi connectivity index (χ2n) is 6.79. The summed E-state index contributed by atoms with van der Waals surface area (Å²) in [6.45, 7) is 4.01. The molecule has 4 rings (SSSR count). The molecule has 0 saturated carbocycles. The Morgan fingerprint density at radius 3 is 1.89 bits per heavy atom. The van der Waals surface area contributed by atoms with Crippen LogP contribution in [0.2, 0.25) is 0 Å². The maximum absolute atomic E-state index is 9.92. The lowest BCUT2D eigenvalue weighted by Gasteiger charge is -2.12. The van der Waals surface area contributed by atoms with Crippen molar-refractivity contribution < 1.29 is 0 Å². The van der Waals surface area contributed by atoms with Crippen LogP contribution in [-0.2, 0) is 0 Å². The molecular weight excluding hydrogens is 346 g/mol. The van der Waals surface area contributed by atoms with Crippen LogP contribution >= 0.6 is 0 Å². The zero-order valence-electron chi connectivity index (χ0n) is 15.6. The summed E-state index contributed by atoms with van der Waals surface area (Å²) in [5.74, 6) is 0.227. The highest BCUT2D eigenvalue weighted by Crippen LogP contribution is 2.35. The highest BCUT2D eigenvalue weighted by Gasteiger charge is 2.21. The topological polar surface area (TPSA) is 90.9 Å². The van der Waals surface area contributed by atoms with Crippen LogP contribution < -0.4 is 5.73 Å². The van der Waals surface area contributed by atoms with Crippen LogP contribution in [-0.4, -0.2) is 9.61 Å². The number of aromatic nitrogens is 2. The van der Waals surface area contributed by atoms with Crippen molar-refractivity contribution >= 4 is 11.3 Å². The van der Waals surface area contributed by atoms with Gasteiger partial charge in [0.15, 0.2) is 0 Å². The first-order valence-electron chi connectivity index (χ1n) is 8.83. The molecule has 4 aromatic rings. The molecular formula is C23H17N5. The molecule has 0 atom stereocenters. The van der Waals surface area contributed by atoms with Crippen molar-refractivity contribution in [2.45, 2.75) is 13.8 Å². The minimum atomic E-state index is 0.227. The number of pyridine rings is 1. The average molecular weight is 363 g/mol. The lowest BCUT2D eigenvalue weighted by molar-refractivity contribution is 0.973. The van der Waals surface area contributed by atoms with Gasteiger partial charge in [0.2, 0.25) is 0 Å². The van der Waals surface area contributed by atoms with E-state index >= 15 is 0 Å². The lowest BCUT2D eigenvalue weighted by atomic mass is 9.94. The zero-order valence-corrected chi connectivity index (χ0v) is 15.6. The SMILES string of the molecule is Cc1ccc(-c2cc3c(C#N)c(-c4ccc(C)cc4)c(C#N)c(N)n3n2)cc1. The number of benzene rings is 2. The van der Waals surface area contributed by atoms with Crippen LogP contribution in [0.15, 0.2) is 54.6 Å². The molecule has 0 bridgehead atoms. The van der Waals surface area contributed by atoms with E-state index in [0.29, 0.717) is 22.3 Å². The van der Waals surface area contributed by atoms with Gasteiger partial charge in [-0.2, -0.15) is 15.6 Å². The molecule has 2 aromatic carbocycles. The maximum Gasteiger partial charge on any atom is 0.144 e. The minimum Gasteiger partial charge on any atom is -0.383 e. The summed E-state index contributed by atoms with van der Waals surface area (Å²) < 4.78 is 1.49. The number of anilines is 1. The van der Waals surface area contributed by atoms with Gasteiger partial charge in [0.05, 0.1) is 16.8 Å². The molecule has 5 heteroatoms. The van der Waals surface area contributed by atoms with Gasteiger partial charge < -0.3 is 5.73 Å². The third kappa shape index (κ3) is 2.67. The summed E-state index contributed by atoms with van der Waals surface area (Å²) in [7, 11) is 0. The van der Waals surface area contributed by atoms with E-state index in [1.165, 1.54) is 4.52 Å². The highest BCUT2D eigenvalue weighted by atomic mass is 15.3. The van der Waals surface area contributed by atoms with E-state index in [2.05, 4.69) is 17.2 Å². The van der Waals surface area contributed by atoms with Crippen LogP contribution in [0, 0.1) is 36.5 Å². The lowest BCUT2D eigenvalue weighted by Crippen LogP contribution is -2.06. The first-order chi connectivity index (χ1) is 13.5. The Balaban J connectivity index is 2.06. The highest BCUT2D eigenvalue weighted by molar-refractivity contribution is 5.89. The fourth-order valence-electron chi connectivity index (χ4n) is 3.33. The number of aryl methyl sites for hydroxylation is 2. The Morgan fingerprint density at radius 1 is 0.821 bits per heavy atom. The number of nitrogens with zero attached hydrogens (tertiary/aromatic N) is 4. The molecule has 0 unspecified atom stereocenters. The third-order valence-electron chi connectivity index (χ3n) is 4.86. The zero-order chi connectivity index (χ0) is 19.8. The number of fused-ring (bicyclic) bond motifs is 1. The number of nitriles is 2. The molecule has 0 radical (unpaired) electrons. The fraction of sp³-hybridized carbons (Fsp3) is 0.0870. The molecule has 0 fully saturated rings. The van der Waals surface area contributed by atoms with Gasteiger partial charge in [-0.15, -0.1) is 0 Å². The molecule has 2 heterocycles. The molecule has 0 spiro atoms. The molecule has 2 aromatic heterocycles. The van der Waals surface area contributed by atoms with Gasteiger partial charge in [0.1, 0.15) is 23.5 Å². The van der Waals surface area contributed by atoms with Crippen molar-refractivity contribution in [3.8, 4) is 34.5 Å².